The summed E-state index contributed by atoms with van der Waals surface area (Å²) >= 11 is 2.36. The third-order valence-electron chi connectivity index (χ3n) is 9.79. The quantitative estimate of drug-likeness (QED) is 0.0886. The minimum atomic E-state index is -1.87. The van der Waals surface area contributed by atoms with Crippen LogP contribution in [0.1, 0.15) is 77.2 Å². The number of hydrogen-bond acceptors (Lipinski definition) is 9. The van der Waals surface area contributed by atoms with Crippen LogP contribution in [-0.4, -0.2) is 87.1 Å². The van der Waals surface area contributed by atoms with Crippen LogP contribution in [0.25, 0.3) is 28.2 Å². The van der Waals surface area contributed by atoms with Gasteiger partial charge in [0.1, 0.15) is 6.10 Å². The minimum absolute atomic E-state index is 0.0929. The van der Waals surface area contributed by atoms with Gasteiger partial charge in [0.15, 0.2) is 14.5 Å². The van der Waals surface area contributed by atoms with Gasteiger partial charge in [-0.05, 0) is 99.9 Å². The van der Waals surface area contributed by atoms with Gasteiger partial charge in [0.2, 0.25) is 11.8 Å². The Hall–Kier alpha value is -2.79. The number of nitrogens with zero attached hydrogens (tertiary/aromatic N) is 8. The molecule has 1 saturated heterocycles. The van der Waals surface area contributed by atoms with Gasteiger partial charge in [-0.2, -0.15) is 10.2 Å². The molecule has 5 heterocycles. The van der Waals surface area contributed by atoms with Crippen LogP contribution in [0, 0.1) is 10.5 Å². The van der Waals surface area contributed by atoms with E-state index in [1.54, 1.807) is 10.8 Å². The first-order valence-corrected chi connectivity index (χ1v) is 21.7. The predicted molar refractivity (Wildman–Crippen MR) is 209 cm³/mol. The Kier molecular flexibility index (Phi) is 12.2. The lowest BCUT2D eigenvalue weighted by Gasteiger charge is -2.36. The number of pyridine rings is 1. The molecule has 0 aromatic carbocycles. The van der Waals surface area contributed by atoms with E-state index < -0.39 is 8.32 Å². The van der Waals surface area contributed by atoms with Crippen LogP contribution < -0.4 is 9.47 Å². The van der Waals surface area contributed by atoms with Crippen molar-refractivity contribution < 1.29 is 18.6 Å². The number of ether oxygens (including phenoxy) is 3. The van der Waals surface area contributed by atoms with Gasteiger partial charge in [0.25, 0.3) is 0 Å². The zero-order chi connectivity index (χ0) is 36.4. The number of likely N-dealkylation sites (N-methyl/N-ethyl adjacent to an activating group) is 1. The van der Waals surface area contributed by atoms with Crippen molar-refractivity contribution in [3.05, 3.63) is 39.5 Å². The number of rotatable bonds is 15. The van der Waals surface area contributed by atoms with Crippen LogP contribution in [0.2, 0.25) is 18.1 Å². The Bertz CT molecular complexity index is 1790. The average molecular weight is 819 g/mol. The normalized spacial score (nSPS) is 16.4. The molecule has 0 amide bonds. The smallest absolute Gasteiger partial charge is 0.246 e. The van der Waals surface area contributed by atoms with Crippen molar-refractivity contribution in [1.29, 1.82) is 0 Å². The van der Waals surface area contributed by atoms with Crippen LogP contribution in [0.4, 0.5) is 0 Å². The first-order valence-electron chi connectivity index (χ1n) is 17.7. The van der Waals surface area contributed by atoms with Gasteiger partial charge in [0.05, 0.1) is 63.4 Å². The zero-order valence-corrected chi connectivity index (χ0v) is 34.7. The number of halogens is 1. The van der Waals surface area contributed by atoms with Gasteiger partial charge in [-0.3, -0.25) is 14.6 Å². The third-order valence-corrected chi connectivity index (χ3v) is 15.4. The standard InChI is InChI=1S/C36H55IN8O4Si/c1-12-28-26-20-29(39-25(4)33(26)45(40-28)31-16-14-15-18-47-31)27-21-38-43(9)35(27)49-24(3)22-42(8)23-30-32(37)34(46-13-2)41-44(30)17-19-48-50(10,11)36(5,6)7/h12,20-21,24,31H,1,13-19,22-23H2,2-11H3/t24-,31?/m1/s1. The Morgan fingerprint density at radius 2 is 2.00 bits per heavy atom. The Labute approximate surface area is 311 Å². The van der Waals surface area contributed by atoms with Gasteiger partial charge in [0, 0.05) is 32.1 Å². The van der Waals surface area contributed by atoms with E-state index in [9.17, 15) is 0 Å². The van der Waals surface area contributed by atoms with Crippen molar-refractivity contribution in [2.24, 2.45) is 7.05 Å². The van der Waals surface area contributed by atoms with Crippen molar-refractivity contribution in [1.82, 2.24) is 39.2 Å². The maximum absolute atomic E-state index is 6.62. The Morgan fingerprint density at radius 1 is 1.24 bits per heavy atom. The van der Waals surface area contributed by atoms with Crippen molar-refractivity contribution in [3.8, 4) is 23.0 Å². The molecule has 0 N–H and O–H groups in total. The van der Waals surface area contributed by atoms with E-state index in [0.29, 0.717) is 44.6 Å². The maximum Gasteiger partial charge on any atom is 0.246 e. The molecule has 50 heavy (non-hydrogen) atoms. The number of hydrogen-bond donors (Lipinski definition) is 0. The number of aromatic nitrogens is 7. The number of aryl methyl sites for hydroxylation is 2. The summed E-state index contributed by atoms with van der Waals surface area (Å²) in [7, 11) is 2.13. The molecule has 0 bridgehead atoms. The topological polar surface area (TPSA) is 107 Å². The minimum Gasteiger partial charge on any atom is -0.476 e. The molecule has 0 spiro atoms. The molecule has 1 fully saturated rings. The van der Waals surface area contributed by atoms with E-state index in [2.05, 4.69) is 93.1 Å². The summed E-state index contributed by atoms with van der Waals surface area (Å²) in [5.41, 5.74) is 5.39. The molecular formula is C36H55IN8O4Si. The SMILES string of the molecule is C=Cc1nn(C2CCCCO2)c2c(C)nc(-c3cnn(C)c3O[C@H](C)CN(C)Cc3c(I)c(OCC)nn3CCO[Si](C)(C)C(C)(C)C)cc12. The van der Waals surface area contributed by atoms with Gasteiger partial charge >= 0.3 is 0 Å². The highest BCUT2D eigenvalue weighted by atomic mass is 127. The predicted octanol–water partition coefficient (Wildman–Crippen LogP) is 7.60. The number of fused-ring (bicyclic) bond motifs is 1. The molecule has 4 aromatic heterocycles. The lowest BCUT2D eigenvalue weighted by Crippen LogP contribution is -2.41. The fourth-order valence-electron chi connectivity index (χ4n) is 6.13. The first kappa shape index (κ1) is 38.4. The largest absolute Gasteiger partial charge is 0.476 e. The highest BCUT2D eigenvalue weighted by Gasteiger charge is 2.37. The molecule has 1 unspecified atom stereocenters. The molecule has 274 valence electrons. The molecule has 4 aromatic rings. The lowest BCUT2D eigenvalue weighted by molar-refractivity contribution is -0.0368. The van der Waals surface area contributed by atoms with E-state index >= 15 is 0 Å². The highest BCUT2D eigenvalue weighted by Crippen LogP contribution is 2.37. The van der Waals surface area contributed by atoms with Crippen molar-refractivity contribution in [3.63, 3.8) is 0 Å². The van der Waals surface area contributed by atoms with Crippen molar-refractivity contribution in [2.45, 2.75) is 104 Å². The van der Waals surface area contributed by atoms with E-state index in [4.69, 9.17) is 33.8 Å². The molecular weight excluding hydrogens is 763 g/mol. The summed E-state index contributed by atoms with van der Waals surface area (Å²) in [4.78, 5) is 7.30. The van der Waals surface area contributed by atoms with Crippen LogP contribution >= 0.6 is 22.6 Å². The highest BCUT2D eigenvalue weighted by molar-refractivity contribution is 14.1. The molecule has 12 nitrogen and oxygen atoms in total. The molecule has 2 atom stereocenters. The average Bonchev–Trinajstić information content (AvgIpc) is 3.70. The van der Waals surface area contributed by atoms with E-state index in [0.717, 1.165) is 68.7 Å². The molecule has 0 saturated carbocycles. The maximum atomic E-state index is 6.62. The first-order chi connectivity index (χ1) is 23.6. The molecule has 14 heteroatoms. The van der Waals surface area contributed by atoms with Gasteiger partial charge < -0.3 is 18.6 Å². The van der Waals surface area contributed by atoms with Crippen molar-refractivity contribution >= 4 is 47.9 Å². The molecule has 0 radical (unpaired) electrons. The van der Waals surface area contributed by atoms with Gasteiger partial charge in [-0.25, -0.2) is 9.36 Å². The Morgan fingerprint density at radius 3 is 2.66 bits per heavy atom. The van der Waals surface area contributed by atoms with E-state index in [1.165, 1.54) is 0 Å². The van der Waals surface area contributed by atoms with E-state index in [1.807, 2.05) is 36.5 Å². The van der Waals surface area contributed by atoms with E-state index in [-0.39, 0.29) is 17.4 Å². The summed E-state index contributed by atoms with van der Waals surface area (Å²) in [5.74, 6) is 1.34. The van der Waals surface area contributed by atoms with Gasteiger partial charge in [-0.1, -0.05) is 27.4 Å². The molecule has 1 aliphatic rings. The monoisotopic (exact) mass is 818 g/mol. The summed E-state index contributed by atoms with van der Waals surface area (Å²) in [6, 6.07) is 2.07. The summed E-state index contributed by atoms with van der Waals surface area (Å²) in [5, 5.41) is 15.4. The second-order valence-electron chi connectivity index (χ2n) is 14.8. The summed E-state index contributed by atoms with van der Waals surface area (Å²) in [6.07, 6.45) is 6.52. The van der Waals surface area contributed by atoms with Crippen LogP contribution in [-0.2, 0) is 29.3 Å². The summed E-state index contributed by atoms with van der Waals surface area (Å²) in [6.45, 7) is 25.4. The Balaban J connectivity index is 1.32. The molecule has 5 rings (SSSR count). The molecule has 1 aliphatic heterocycles. The lowest BCUT2D eigenvalue weighted by atomic mass is 10.1. The third kappa shape index (κ3) is 8.29. The zero-order valence-electron chi connectivity index (χ0n) is 31.5. The van der Waals surface area contributed by atoms with Crippen molar-refractivity contribution in [2.75, 3.05) is 33.4 Å². The molecule has 0 aliphatic carbocycles. The second-order valence-corrected chi connectivity index (χ2v) is 20.7. The van der Waals surface area contributed by atoms with Crippen LogP contribution in [0.15, 0.2) is 18.8 Å². The van der Waals surface area contributed by atoms with Crippen LogP contribution in [0.3, 0.4) is 0 Å². The van der Waals surface area contributed by atoms with Gasteiger partial charge in [-0.15, -0.1) is 5.10 Å². The summed E-state index contributed by atoms with van der Waals surface area (Å²) < 4.78 is 31.9. The fourth-order valence-corrected chi connectivity index (χ4v) is 7.88. The fraction of sp³-hybridized carbons (Fsp3) is 0.611. The van der Waals surface area contributed by atoms with Crippen LogP contribution in [0.5, 0.6) is 11.8 Å². The second kappa shape index (κ2) is 15.8.